The first-order chi connectivity index (χ1) is 15.8. The number of rotatable bonds is 7. The maximum absolute atomic E-state index is 12.7. The first kappa shape index (κ1) is 29.1. The molecule has 0 saturated carbocycles. The Morgan fingerprint density at radius 3 is 2.32 bits per heavy atom. The molecule has 34 heavy (non-hydrogen) atoms. The van der Waals surface area contributed by atoms with Gasteiger partial charge in [0.15, 0.2) is 0 Å². The molecule has 0 spiro atoms. The van der Waals surface area contributed by atoms with Crippen molar-refractivity contribution in [2.75, 3.05) is 33.3 Å². The number of hydrogen-bond donors (Lipinski definition) is 4. The lowest BCUT2D eigenvalue weighted by atomic mass is 10.1. The zero-order valence-corrected chi connectivity index (χ0v) is 18.8. The molecule has 0 bridgehead atoms. The molecule has 11 nitrogen and oxygen atoms in total. The van der Waals surface area contributed by atoms with Gasteiger partial charge in [0, 0.05) is 44.4 Å². The number of carboxylic acid groups (broad SMARTS) is 1. The van der Waals surface area contributed by atoms with E-state index in [0.29, 0.717) is 32.3 Å². The standard InChI is InChI=1S/C16H24FN5O4S.C2HF3O2/c1-19-16(23)21-13-4-6-22(7-5-13)27(24,25)14-2-3-15(20-10-14)26-11-12(8-17)9-18;3-2(4,5)1(6)7/h2-3,8,10,13H,4-7,9,11,18H2,1H3,(H2,19,21,23);(H,6,7)/b12-8+;. The van der Waals surface area contributed by atoms with Gasteiger partial charge in [0.25, 0.3) is 0 Å². The van der Waals surface area contributed by atoms with Crippen molar-refractivity contribution >= 4 is 22.0 Å². The van der Waals surface area contributed by atoms with E-state index in [4.69, 9.17) is 20.4 Å². The zero-order valence-electron chi connectivity index (χ0n) is 18.0. The molecule has 1 aliphatic rings. The fourth-order valence-corrected chi connectivity index (χ4v) is 3.97. The number of halogens is 4. The number of aromatic nitrogens is 1. The van der Waals surface area contributed by atoms with Gasteiger partial charge < -0.3 is 26.2 Å². The highest BCUT2D eigenvalue weighted by Crippen LogP contribution is 2.21. The van der Waals surface area contributed by atoms with Crippen LogP contribution in [0.25, 0.3) is 0 Å². The smallest absolute Gasteiger partial charge is 0.475 e. The summed E-state index contributed by atoms with van der Waals surface area (Å²) in [5.41, 5.74) is 5.60. The van der Waals surface area contributed by atoms with Crippen LogP contribution in [0.4, 0.5) is 22.4 Å². The molecular weight excluding hydrogens is 490 g/mol. The molecule has 1 saturated heterocycles. The second-order valence-corrected chi connectivity index (χ2v) is 8.73. The number of alkyl halides is 3. The molecule has 0 radical (unpaired) electrons. The molecule has 5 N–H and O–H groups in total. The summed E-state index contributed by atoms with van der Waals surface area (Å²) in [6.07, 6.45) is -2.44. The zero-order chi connectivity index (χ0) is 25.9. The highest BCUT2D eigenvalue weighted by Gasteiger charge is 2.38. The fourth-order valence-electron chi connectivity index (χ4n) is 2.55. The monoisotopic (exact) mass is 515 g/mol. The number of carbonyl (C=O) groups is 2. The van der Waals surface area contributed by atoms with Crippen LogP contribution in [0.15, 0.2) is 35.1 Å². The lowest BCUT2D eigenvalue weighted by molar-refractivity contribution is -0.192. The normalized spacial score (nSPS) is 15.6. The quantitative estimate of drug-likeness (QED) is 0.391. The molecule has 1 aromatic rings. The number of piperidine rings is 1. The Kier molecular flexibility index (Phi) is 11.1. The lowest BCUT2D eigenvalue weighted by Crippen LogP contribution is -2.48. The number of nitrogens with two attached hydrogens (primary N) is 1. The number of urea groups is 1. The largest absolute Gasteiger partial charge is 0.490 e. The lowest BCUT2D eigenvalue weighted by Gasteiger charge is -2.31. The van der Waals surface area contributed by atoms with Crippen molar-refractivity contribution in [3.8, 4) is 5.88 Å². The maximum atomic E-state index is 12.7. The van der Waals surface area contributed by atoms with Crippen LogP contribution in [0.5, 0.6) is 5.88 Å². The Hall–Kier alpha value is -2.98. The van der Waals surface area contributed by atoms with Gasteiger partial charge >= 0.3 is 18.2 Å². The van der Waals surface area contributed by atoms with Crippen LogP contribution in [0.1, 0.15) is 12.8 Å². The van der Waals surface area contributed by atoms with Crippen LogP contribution >= 0.6 is 0 Å². The number of amides is 2. The van der Waals surface area contributed by atoms with E-state index in [1.807, 2.05) is 0 Å². The average molecular weight is 515 g/mol. The first-order valence-electron chi connectivity index (χ1n) is 9.70. The fraction of sp³-hybridized carbons (Fsp3) is 0.500. The molecule has 2 amide bonds. The van der Waals surface area contributed by atoms with E-state index in [1.165, 1.54) is 29.7 Å². The minimum Gasteiger partial charge on any atom is -0.475 e. The molecular formula is C18H25F4N5O6S. The number of ether oxygens (including phenoxy) is 1. The van der Waals surface area contributed by atoms with Crippen LogP contribution in [0, 0.1) is 0 Å². The second kappa shape index (κ2) is 13.0. The van der Waals surface area contributed by atoms with Gasteiger partial charge in [0.2, 0.25) is 15.9 Å². The highest BCUT2D eigenvalue weighted by atomic mass is 32.2. The second-order valence-electron chi connectivity index (χ2n) is 6.80. The third-order valence-electron chi connectivity index (χ3n) is 4.43. The number of aliphatic carboxylic acids is 1. The summed E-state index contributed by atoms with van der Waals surface area (Å²) in [5, 5.41) is 12.4. The van der Waals surface area contributed by atoms with Gasteiger partial charge in [-0.2, -0.15) is 17.5 Å². The number of carboxylic acids is 1. The number of nitrogens with one attached hydrogen (secondary N) is 2. The summed E-state index contributed by atoms with van der Waals surface area (Å²) in [4.78, 5) is 24.2. The molecule has 192 valence electrons. The van der Waals surface area contributed by atoms with Crippen molar-refractivity contribution in [2.24, 2.45) is 5.73 Å². The molecule has 1 aliphatic heterocycles. The predicted molar refractivity (Wildman–Crippen MR) is 111 cm³/mol. The van der Waals surface area contributed by atoms with Crippen molar-refractivity contribution in [2.45, 2.75) is 30.0 Å². The third-order valence-corrected chi connectivity index (χ3v) is 6.31. The highest BCUT2D eigenvalue weighted by molar-refractivity contribution is 7.89. The minimum atomic E-state index is -5.08. The Labute approximate surface area is 193 Å². The van der Waals surface area contributed by atoms with Crippen molar-refractivity contribution in [1.82, 2.24) is 19.9 Å². The van der Waals surface area contributed by atoms with Crippen LogP contribution in [-0.4, -0.2) is 80.3 Å². The van der Waals surface area contributed by atoms with E-state index in [9.17, 15) is 30.8 Å². The average Bonchev–Trinajstić information content (AvgIpc) is 2.80. The van der Waals surface area contributed by atoms with E-state index in [2.05, 4.69) is 15.6 Å². The summed E-state index contributed by atoms with van der Waals surface area (Å²) >= 11 is 0. The molecule has 2 rings (SSSR count). The van der Waals surface area contributed by atoms with Gasteiger partial charge in [-0.3, -0.25) is 0 Å². The van der Waals surface area contributed by atoms with Gasteiger partial charge in [-0.25, -0.2) is 27.4 Å². The Morgan fingerprint density at radius 1 is 1.32 bits per heavy atom. The Bertz CT molecular complexity index is 949. The summed E-state index contributed by atoms with van der Waals surface area (Å²) < 4.78 is 76.2. The number of nitrogens with zero attached hydrogens (tertiary/aromatic N) is 2. The minimum absolute atomic E-state index is 0.0215. The predicted octanol–water partition coefficient (Wildman–Crippen LogP) is 0.988. The summed E-state index contributed by atoms with van der Waals surface area (Å²) in [5.74, 6) is -2.58. The van der Waals surface area contributed by atoms with Crippen LogP contribution < -0.4 is 21.1 Å². The Morgan fingerprint density at radius 2 is 1.91 bits per heavy atom. The summed E-state index contributed by atoms with van der Waals surface area (Å²) in [6, 6.07) is 2.47. The molecule has 0 aliphatic carbocycles. The molecule has 1 aromatic heterocycles. The van der Waals surface area contributed by atoms with Crippen LogP contribution in [-0.2, 0) is 14.8 Å². The van der Waals surface area contributed by atoms with Gasteiger partial charge in [-0.15, -0.1) is 0 Å². The molecule has 0 atom stereocenters. The van der Waals surface area contributed by atoms with E-state index < -0.39 is 22.2 Å². The van der Waals surface area contributed by atoms with Crippen molar-refractivity contribution < 1.29 is 45.4 Å². The van der Waals surface area contributed by atoms with E-state index in [0.717, 1.165) is 0 Å². The van der Waals surface area contributed by atoms with E-state index in [-0.39, 0.29) is 41.6 Å². The topological polar surface area (TPSA) is 164 Å². The van der Waals surface area contributed by atoms with Crippen molar-refractivity contribution in [3.05, 3.63) is 30.2 Å². The van der Waals surface area contributed by atoms with Gasteiger partial charge in [-0.1, -0.05) is 0 Å². The van der Waals surface area contributed by atoms with Crippen LogP contribution in [0.3, 0.4) is 0 Å². The molecule has 0 aromatic carbocycles. The van der Waals surface area contributed by atoms with E-state index >= 15 is 0 Å². The van der Waals surface area contributed by atoms with E-state index in [1.54, 1.807) is 0 Å². The first-order valence-corrected chi connectivity index (χ1v) is 11.1. The van der Waals surface area contributed by atoms with Crippen molar-refractivity contribution in [3.63, 3.8) is 0 Å². The number of sulfonamides is 1. The molecule has 0 unspecified atom stereocenters. The maximum Gasteiger partial charge on any atom is 0.490 e. The number of pyridine rings is 1. The number of hydrogen-bond acceptors (Lipinski definition) is 7. The number of carbonyl (C=O) groups excluding carboxylic acids is 1. The van der Waals surface area contributed by atoms with Crippen LogP contribution in [0.2, 0.25) is 0 Å². The summed E-state index contributed by atoms with van der Waals surface area (Å²) in [7, 11) is -2.15. The van der Waals surface area contributed by atoms with Gasteiger partial charge in [-0.05, 0) is 18.9 Å². The van der Waals surface area contributed by atoms with Gasteiger partial charge in [0.05, 0.1) is 12.5 Å². The Balaban J connectivity index is 0.000000718. The molecule has 16 heteroatoms. The molecule has 2 heterocycles. The SMILES string of the molecule is CNC(=O)NC1CCN(S(=O)(=O)c2ccc(OC/C(=C/F)CN)nc2)CC1.O=C(O)C(F)(F)F. The molecule has 1 fully saturated rings. The third kappa shape index (κ3) is 9.11. The summed E-state index contributed by atoms with van der Waals surface area (Å²) in [6.45, 7) is 0.568. The van der Waals surface area contributed by atoms with Crippen molar-refractivity contribution in [1.29, 1.82) is 0 Å². The van der Waals surface area contributed by atoms with Gasteiger partial charge in [0.1, 0.15) is 11.5 Å².